The second-order valence-electron chi connectivity index (χ2n) is 5.03. The van der Waals surface area contributed by atoms with Crippen LogP contribution in [-0.4, -0.2) is 51.5 Å². The second kappa shape index (κ2) is 8.87. The normalized spacial score (nSPS) is 11.5. The van der Waals surface area contributed by atoms with Crippen molar-refractivity contribution in [3.63, 3.8) is 0 Å². The maximum atomic E-state index is 13.4. The SMILES string of the molecule is CNC(=O)CNC(=O)C[NH+](C)CC(=O)Nc1ccc(F)c(F)c1F. The number of benzene rings is 1. The molecular weight excluding hydrogens is 329 g/mol. The van der Waals surface area contributed by atoms with E-state index in [1.165, 1.54) is 14.1 Å². The van der Waals surface area contributed by atoms with Gasteiger partial charge in [0.25, 0.3) is 11.8 Å². The minimum Gasteiger partial charge on any atom is -0.358 e. The molecule has 1 unspecified atom stereocenters. The zero-order valence-corrected chi connectivity index (χ0v) is 13.1. The largest absolute Gasteiger partial charge is 0.358 e. The van der Waals surface area contributed by atoms with Gasteiger partial charge in [0.2, 0.25) is 5.91 Å². The average Bonchev–Trinajstić information content (AvgIpc) is 2.52. The number of carbonyl (C=O) groups excluding carboxylic acids is 3. The van der Waals surface area contributed by atoms with Crippen LogP contribution in [0.15, 0.2) is 12.1 Å². The van der Waals surface area contributed by atoms with Crippen molar-refractivity contribution in [3.05, 3.63) is 29.6 Å². The molecule has 1 atom stereocenters. The van der Waals surface area contributed by atoms with Gasteiger partial charge in [0.15, 0.2) is 30.5 Å². The number of likely N-dealkylation sites (N-methyl/N-ethyl adjacent to an activating group) is 2. The molecule has 1 rings (SSSR count). The Bertz CT molecular complexity index is 640. The van der Waals surface area contributed by atoms with Crippen LogP contribution in [0.3, 0.4) is 0 Å². The van der Waals surface area contributed by atoms with Crippen LogP contribution < -0.4 is 20.9 Å². The van der Waals surface area contributed by atoms with Gasteiger partial charge in [0.05, 0.1) is 19.3 Å². The molecule has 1 aromatic rings. The highest BCUT2D eigenvalue weighted by Crippen LogP contribution is 2.19. The molecule has 0 saturated heterocycles. The standard InChI is InChI=1S/C14H17F3N4O3/c1-18-10(22)5-19-11(23)6-21(2)7-12(24)20-9-4-3-8(15)13(16)14(9)17/h3-4H,5-7H2,1-2H3,(H,18,22)(H,19,23)(H,20,24)/p+1. The molecule has 132 valence electrons. The Labute approximate surface area is 136 Å². The molecule has 0 aliphatic rings. The molecule has 24 heavy (non-hydrogen) atoms. The molecule has 3 amide bonds. The van der Waals surface area contributed by atoms with E-state index < -0.39 is 35.0 Å². The van der Waals surface area contributed by atoms with E-state index in [4.69, 9.17) is 0 Å². The Morgan fingerprint density at radius 3 is 2.25 bits per heavy atom. The van der Waals surface area contributed by atoms with Gasteiger partial charge in [-0.25, -0.2) is 13.2 Å². The number of quaternary nitrogens is 1. The third-order valence-corrected chi connectivity index (χ3v) is 2.96. The molecule has 0 radical (unpaired) electrons. The molecule has 0 saturated carbocycles. The molecular formula is C14H18F3N4O3+. The fraction of sp³-hybridized carbons (Fsp3) is 0.357. The summed E-state index contributed by atoms with van der Waals surface area (Å²) in [6, 6.07) is 1.59. The van der Waals surface area contributed by atoms with E-state index in [0.717, 1.165) is 6.07 Å². The molecule has 0 bridgehead atoms. The number of anilines is 1. The molecule has 0 fully saturated rings. The van der Waals surface area contributed by atoms with Gasteiger partial charge in [-0.15, -0.1) is 0 Å². The van der Waals surface area contributed by atoms with Crippen LogP contribution in [-0.2, 0) is 14.4 Å². The Kier molecular flexibility index (Phi) is 7.18. The number of rotatable bonds is 7. The van der Waals surface area contributed by atoms with Crippen molar-refractivity contribution in [2.45, 2.75) is 0 Å². The lowest BCUT2D eigenvalue weighted by atomic mass is 10.2. The monoisotopic (exact) mass is 347 g/mol. The topological polar surface area (TPSA) is 91.7 Å². The number of hydrogen-bond donors (Lipinski definition) is 4. The Morgan fingerprint density at radius 2 is 1.62 bits per heavy atom. The number of carbonyl (C=O) groups is 3. The predicted octanol–water partition coefficient (Wildman–Crippen LogP) is -1.58. The van der Waals surface area contributed by atoms with Gasteiger partial charge in [0.1, 0.15) is 0 Å². The van der Waals surface area contributed by atoms with Crippen LogP contribution >= 0.6 is 0 Å². The molecule has 10 heteroatoms. The third kappa shape index (κ3) is 5.88. The van der Waals surface area contributed by atoms with Crippen LogP contribution in [0.25, 0.3) is 0 Å². The minimum absolute atomic E-state index is 0.106. The van der Waals surface area contributed by atoms with Crippen molar-refractivity contribution in [3.8, 4) is 0 Å². The Hall–Kier alpha value is -2.62. The van der Waals surface area contributed by atoms with Crippen molar-refractivity contribution >= 4 is 23.4 Å². The summed E-state index contributed by atoms with van der Waals surface area (Å²) in [5, 5.41) is 6.79. The number of nitrogens with one attached hydrogen (secondary N) is 4. The Morgan fingerprint density at radius 1 is 1.00 bits per heavy atom. The fourth-order valence-corrected chi connectivity index (χ4v) is 1.76. The van der Waals surface area contributed by atoms with Crippen LogP contribution in [0.5, 0.6) is 0 Å². The van der Waals surface area contributed by atoms with Crippen LogP contribution in [0, 0.1) is 17.5 Å². The number of hydrogen-bond acceptors (Lipinski definition) is 3. The van der Waals surface area contributed by atoms with Gasteiger partial charge in [0, 0.05) is 7.05 Å². The Balaban J connectivity index is 2.49. The molecule has 1 aromatic carbocycles. The van der Waals surface area contributed by atoms with Crippen LogP contribution in [0.2, 0.25) is 0 Å². The van der Waals surface area contributed by atoms with Crippen molar-refractivity contribution in [2.75, 3.05) is 39.0 Å². The first-order chi connectivity index (χ1) is 11.2. The summed E-state index contributed by atoms with van der Waals surface area (Å²) < 4.78 is 39.3. The van der Waals surface area contributed by atoms with Crippen LogP contribution in [0.1, 0.15) is 0 Å². The first-order valence-corrected chi connectivity index (χ1v) is 6.96. The maximum absolute atomic E-state index is 13.4. The van der Waals surface area contributed by atoms with E-state index in [2.05, 4.69) is 16.0 Å². The van der Waals surface area contributed by atoms with E-state index >= 15 is 0 Å². The fourth-order valence-electron chi connectivity index (χ4n) is 1.76. The summed E-state index contributed by atoms with van der Waals surface area (Å²) in [7, 11) is 2.95. The number of amides is 3. The van der Waals surface area contributed by atoms with Gasteiger partial charge in [-0.1, -0.05) is 0 Å². The molecule has 7 nitrogen and oxygen atoms in total. The van der Waals surface area contributed by atoms with E-state index in [1.54, 1.807) is 0 Å². The summed E-state index contributed by atoms with van der Waals surface area (Å²) in [5.74, 6) is -6.04. The quantitative estimate of drug-likeness (QED) is 0.449. The number of halogens is 3. The van der Waals surface area contributed by atoms with Crippen LogP contribution in [0.4, 0.5) is 18.9 Å². The first-order valence-electron chi connectivity index (χ1n) is 6.96. The van der Waals surface area contributed by atoms with E-state index in [9.17, 15) is 27.6 Å². The highest BCUT2D eigenvalue weighted by molar-refractivity contribution is 5.91. The second-order valence-corrected chi connectivity index (χ2v) is 5.03. The lowest BCUT2D eigenvalue weighted by Crippen LogP contribution is -3.11. The summed E-state index contributed by atoms with van der Waals surface area (Å²) in [5.41, 5.74) is -0.490. The highest BCUT2D eigenvalue weighted by atomic mass is 19.2. The average molecular weight is 347 g/mol. The first kappa shape index (κ1) is 19.4. The summed E-state index contributed by atoms with van der Waals surface area (Å²) in [6.45, 7) is -0.509. The van der Waals surface area contributed by atoms with Crippen molar-refractivity contribution in [1.29, 1.82) is 0 Å². The van der Waals surface area contributed by atoms with E-state index in [1.807, 2.05) is 0 Å². The lowest BCUT2D eigenvalue weighted by molar-refractivity contribution is -0.862. The molecule has 0 heterocycles. The van der Waals surface area contributed by atoms with Gasteiger partial charge in [-0.05, 0) is 12.1 Å². The predicted molar refractivity (Wildman–Crippen MR) is 78.6 cm³/mol. The van der Waals surface area contributed by atoms with Gasteiger partial charge < -0.3 is 20.9 Å². The molecule has 0 aliphatic heterocycles. The third-order valence-electron chi connectivity index (χ3n) is 2.96. The zero-order valence-electron chi connectivity index (χ0n) is 13.1. The van der Waals surface area contributed by atoms with Gasteiger partial charge >= 0.3 is 0 Å². The van der Waals surface area contributed by atoms with Crippen molar-refractivity contribution < 1.29 is 32.5 Å². The summed E-state index contributed by atoms with van der Waals surface area (Å²) in [4.78, 5) is 34.7. The highest BCUT2D eigenvalue weighted by Gasteiger charge is 2.18. The zero-order chi connectivity index (χ0) is 18.3. The van der Waals surface area contributed by atoms with E-state index in [-0.39, 0.29) is 25.5 Å². The van der Waals surface area contributed by atoms with Crippen molar-refractivity contribution in [2.24, 2.45) is 0 Å². The minimum atomic E-state index is -1.68. The van der Waals surface area contributed by atoms with Crippen molar-refractivity contribution in [1.82, 2.24) is 10.6 Å². The molecule has 4 N–H and O–H groups in total. The lowest BCUT2D eigenvalue weighted by Gasteiger charge is -2.14. The summed E-state index contributed by atoms with van der Waals surface area (Å²) in [6.07, 6.45) is 0. The summed E-state index contributed by atoms with van der Waals surface area (Å²) >= 11 is 0. The maximum Gasteiger partial charge on any atom is 0.279 e. The molecule has 0 aromatic heterocycles. The molecule has 0 aliphatic carbocycles. The molecule has 0 spiro atoms. The van der Waals surface area contributed by atoms with Gasteiger partial charge in [-0.3, -0.25) is 14.4 Å². The van der Waals surface area contributed by atoms with Gasteiger partial charge in [-0.2, -0.15) is 0 Å². The van der Waals surface area contributed by atoms with E-state index in [0.29, 0.717) is 11.0 Å². The smallest absolute Gasteiger partial charge is 0.279 e.